The number of likely N-dealkylation sites (N-methyl/N-ethyl adjacent to an activating group) is 1. The van der Waals surface area contributed by atoms with E-state index in [1.807, 2.05) is 11.0 Å². The van der Waals surface area contributed by atoms with E-state index in [4.69, 9.17) is 16.6 Å². The summed E-state index contributed by atoms with van der Waals surface area (Å²) in [4.78, 5) is 33.1. The van der Waals surface area contributed by atoms with Gasteiger partial charge in [-0.15, -0.1) is 0 Å². The number of carbonyl (C=O) groups excluding carboxylic acids is 1. The van der Waals surface area contributed by atoms with Crippen molar-refractivity contribution in [1.82, 2.24) is 25.2 Å². The SMILES string of the molecule is CNc1nc(N2CCN(C)CC2)nc(N2CCc3cc(C(=O)NCc4ccc(Cl)cc4C(F)(F)F)ccc32)n1. The first-order valence-electron chi connectivity index (χ1n) is 12.5. The number of amides is 1. The lowest BCUT2D eigenvalue weighted by atomic mass is 10.1. The van der Waals surface area contributed by atoms with Gasteiger partial charge in [-0.1, -0.05) is 17.7 Å². The van der Waals surface area contributed by atoms with Crippen LogP contribution in [0.5, 0.6) is 0 Å². The van der Waals surface area contributed by atoms with Gasteiger partial charge in [-0.25, -0.2) is 0 Å². The fourth-order valence-corrected chi connectivity index (χ4v) is 4.90. The minimum absolute atomic E-state index is 0.0174. The maximum absolute atomic E-state index is 13.4. The minimum atomic E-state index is -4.58. The van der Waals surface area contributed by atoms with Crippen molar-refractivity contribution in [2.45, 2.75) is 19.1 Å². The van der Waals surface area contributed by atoms with Crippen LogP contribution in [0.15, 0.2) is 36.4 Å². The average Bonchev–Trinajstić information content (AvgIpc) is 3.35. The second-order valence-corrected chi connectivity index (χ2v) is 9.96. The Bertz CT molecular complexity index is 1380. The summed E-state index contributed by atoms with van der Waals surface area (Å²) in [5, 5.41) is 5.59. The smallest absolute Gasteiger partial charge is 0.357 e. The van der Waals surface area contributed by atoms with E-state index in [0.29, 0.717) is 36.4 Å². The van der Waals surface area contributed by atoms with E-state index in [-0.39, 0.29) is 17.1 Å². The van der Waals surface area contributed by atoms with Gasteiger partial charge in [0.05, 0.1) is 5.56 Å². The van der Waals surface area contributed by atoms with Crippen LogP contribution in [-0.2, 0) is 19.1 Å². The van der Waals surface area contributed by atoms with E-state index in [0.717, 1.165) is 43.5 Å². The molecule has 3 heterocycles. The predicted molar refractivity (Wildman–Crippen MR) is 144 cm³/mol. The predicted octanol–water partition coefficient (Wildman–Crippen LogP) is 3.96. The Hall–Kier alpha value is -3.64. The molecule has 1 aromatic heterocycles. The van der Waals surface area contributed by atoms with Crippen molar-refractivity contribution in [3.8, 4) is 0 Å². The van der Waals surface area contributed by atoms with Gasteiger partial charge < -0.3 is 25.3 Å². The summed E-state index contributed by atoms with van der Waals surface area (Å²) in [6.07, 6.45) is -3.91. The number of nitrogens with one attached hydrogen (secondary N) is 2. The molecule has 2 aliphatic rings. The zero-order valence-electron chi connectivity index (χ0n) is 21.5. The number of hydrogen-bond donors (Lipinski definition) is 2. The van der Waals surface area contributed by atoms with Crippen molar-refractivity contribution in [1.29, 1.82) is 0 Å². The van der Waals surface area contributed by atoms with Crippen molar-refractivity contribution in [3.63, 3.8) is 0 Å². The number of carbonyl (C=O) groups is 1. The van der Waals surface area contributed by atoms with E-state index >= 15 is 0 Å². The maximum Gasteiger partial charge on any atom is 0.416 e. The molecule has 5 rings (SSSR count). The van der Waals surface area contributed by atoms with Crippen LogP contribution in [0.2, 0.25) is 5.02 Å². The van der Waals surface area contributed by atoms with Gasteiger partial charge in [0.15, 0.2) is 0 Å². The molecule has 2 aliphatic heterocycles. The highest BCUT2D eigenvalue weighted by atomic mass is 35.5. The lowest BCUT2D eigenvalue weighted by Gasteiger charge is -2.32. The fraction of sp³-hybridized carbons (Fsp3) is 0.385. The van der Waals surface area contributed by atoms with Crippen LogP contribution in [-0.4, -0.2) is 72.6 Å². The lowest BCUT2D eigenvalue weighted by Crippen LogP contribution is -2.45. The third kappa shape index (κ3) is 5.86. The van der Waals surface area contributed by atoms with Crippen LogP contribution in [0.4, 0.5) is 36.7 Å². The van der Waals surface area contributed by atoms with Crippen molar-refractivity contribution < 1.29 is 18.0 Å². The number of alkyl halides is 3. The van der Waals surface area contributed by atoms with Gasteiger partial charge in [0.2, 0.25) is 17.8 Å². The van der Waals surface area contributed by atoms with Crippen molar-refractivity contribution in [3.05, 3.63) is 63.7 Å². The van der Waals surface area contributed by atoms with Crippen LogP contribution in [0.3, 0.4) is 0 Å². The number of halogens is 4. The number of nitrogens with zero attached hydrogens (tertiary/aromatic N) is 6. The van der Waals surface area contributed by atoms with Crippen LogP contribution in [0.1, 0.15) is 27.0 Å². The first-order valence-corrected chi connectivity index (χ1v) is 12.9. The molecule has 2 N–H and O–H groups in total. The molecule has 1 fully saturated rings. The number of fused-ring (bicyclic) bond motifs is 1. The highest BCUT2D eigenvalue weighted by Crippen LogP contribution is 2.35. The van der Waals surface area contributed by atoms with Crippen LogP contribution in [0, 0.1) is 0 Å². The number of rotatable bonds is 6. The molecule has 206 valence electrons. The zero-order chi connectivity index (χ0) is 27.7. The van der Waals surface area contributed by atoms with E-state index in [9.17, 15) is 18.0 Å². The number of anilines is 4. The Kier molecular flexibility index (Phi) is 7.50. The van der Waals surface area contributed by atoms with Crippen LogP contribution >= 0.6 is 11.6 Å². The van der Waals surface area contributed by atoms with E-state index < -0.39 is 17.6 Å². The lowest BCUT2D eigenvalue weighted by molar-refractivity contribution is -0.138. The molecule has 0 atom stereocenters. The molecule has 1 saturated heterocycles. The second-order valence-electron chi connectivity index (χ2n) is 9.53. The summed E-state index contributed by atoms with van der Waals surface area (Å²) in [6.45, 7) is 3.82. The topological polar surface area (TPSA) is 89.5 Å². The first-order chi connectivity index (χ1) is 18.6. The Morgan fingerprint density at radius 2 is 1.74 bits per heavy atom. The van der Waals surface area contributed by atoms with Crippen LogP contribution < -0.4 is 20.4 Å². The Morgan fingerprint density at radius 3 is 2.46 bits per heavy atom. The Morgan fingerprint density at radius 1 is 1.00 bits per heavy atom. The van der Waals surface area contributed by atoms with Gasteiger partial charge in [0.1, 0.15) is 0 Å². The Labute approximate surface area is 229 Å². The molecule has 0 unspecified atom stereocenters. The highest BCUT2D eigenvalue weighted by molar-refractivity contribution is 6.30. The van der Waals surface area contributed by atoms with Gasteiger partial charge in [0, 0.05) is 62.6 Å². The molecule has 13 heteroatoms. The third-order valence-electron chi connectivity index (χ3n) is 6.92. The van der Waals surface area contributed by atoms with E-state index in [1.165, 1.54) is 12.1 Å². The van der Waals surface area contributed by atoms with Gasteiger partial charge in [-0.05, 0) is 54.9 Å². The molecule has 0 bridgehead atoms. The third-order valence-corrected chi connectivity index (χ3v) is 7.15. The molecule has 0 spiro atoms. The molecule has 9 nitrogen and oxygen atoms in total. The molecule has 0 saturated carbocycles. The number of benzene rings is 2. The van der Waals surface area contributed by atoms with Gasteiger partial charge >= 0.3 is 6.18 Å². The highest BCUT2D eigenvalue weighted by Gasteiger charge is 2.33. The summed E-state index contributed by atoms with van der Waals surface area (Å²) in [7, 11) is 3.85. The molecule has 1 amide bonds. The summed E-state index contributed by atoms with van der Waals surface area (Å²) >= 11 is 5.75. The number of aromatic nitrogens is 3. The van der Waals surface area contributed by atoms with E-state index in [2.05, 4.69) is 37.4 Å². The maximum atomic E-state index is 13.4. The monoisotopic (exact) mass is 560 g/mol. The quantitative estimate of drug-likeness (QED) is 0.468. The first kappa shape index (κ1) is 26.9. The summed E-state index contributed by atoms with van der Waals surface area (Å²) in [5.41, 5.74) is 1.25. The number of hydrogen-bond acceptors (Lipinski definition) is 8. The van der Waals surface area contributed by atoms with Crippen molar-refractivity contribution in [2.75, 3.05) is 61.9 Å². The van der Waals surface area contributed by atoms with E-state index in [1.54, 1.807) is 19.2 Å². The molecule has 0 aliphatic carbocycles. The largest absolute Gasteiger partial charge is 0.416 e. The van der Waals surface area contributed by atoms with Crippen molar-refractivity contribution >= 4 is 41.0 Å². The van der Waals surface area contributed by atoms with Gasteiger partial charge in [-0.3, -0.25) is 4.79 Å². The summed E-state index contributed by atoms with van der Waals surface area (Å²) in [5.74, 6) is 1.14. The van der Waals surface area contributed by atoms with Crippen molar-refractivity contribution in [2.24, 2.45) is 0 Å². The molecule has 2 aromatic carbocycles. The van der Waals surface area contributed by atoms with Crippen LogP contribution in [0.25, 0.3) is 0 Å². The minimum Gasteiger partial charge on any atom is -0.357 e. The molecule has 0 radical (unpaired) electrons. The summed E-state index contributed by atoms with van der Waals surface area (Å²) < 4.78 is 40.2. The second kappa shape index (κ2) is 10.9. The fourth-order valence-electron chi connectivity index (χ4n) is 4.73. The zero-order valence-corrected chi connectivity index (χ0v) is 22.3. The summed E-state index contributed by atoms with van der Waals surface area (Å²) in [6, 6.07) is 8.75. The standard InChI is InChI=1S/C26H28ClF3N8O/c1-31-23-33-24(37-11-9-36(2)10-12-37)35-25(34-23)38-8-7-16-13-17(4-6-21(16)38)22(39)32-15-18-3-5-19(27)14-20(18)26(28,29)30/h3-6,13-14H,7-12,15H2,1-2H3,(H,32,39)(H,31,33,34,35). The molecular weight excluding hydrogens is 533 g/mol. The molecule has 3 aromatic rings. The molecular formula is C26H28ClF3N8O. The van der Waals surface area contributed by atoms with Gasteiger partial charge in [0.25, 0.3) is 5.91 Å². The average molecular weight is 561 g/mol. The molecule has 39 heavy (non-hydrogen) atoms. The number of piperazine rings is 1. The Balaban J connectivity index is 1.33. The normalized spacial score (nSPS) is 15.8. The van der Waals surface area contributed by atoms with Gasteiger partial charge in [-0.2, -0.15) is 28.1 Å².